The standard InChI is InChI=1S/C21H28N2O3/c1-15-4-9-20(26-15)18-5-7-19(8-6-18)21(25)23-12-16(11-22(2)3)10-17(13-23)14-24/h4-9,16-17,24H,10-14H2,1-3H3/t16-,17-/m0/s1. The molecule has 2 atom stereocenters. The van der Waals surface area contributed by atoms with Gasteiger partial charge in [0.05, 0.1) is 0 Å². The number of benzene rings is 1. The first-order valence-electron chi connectivity index (χ1n) is 9.18. The Morgan fingerprint density at radius 3 is 2.42 bits per heavy atom. The van der Waals surface area contributed by atoms with E-state index in [1.807, 2.05) is 62.3 Å². The fourth-order valence-electron chi connectivity index (χ4n) is 3.81. The van der Waals surface area contributed by atoms with Crippen LogP contribution < -0.4 is 0 Å². The van der Waals surface area contributed by atoms with Crippen LogP contribution in [0.3, 0.4) is 0 Å². The lowest BCUT2D eigenvalue weighted by molar-refractivity contribution is 0.0478. The van der Waals surface area contributed by atoms with E-state index in [0.717, 1.165) is 36.6 Å². The first-order valence-corrected chi connectivity index (χ1v) is 9.18. The first kappa shape index (κ1) is 18.7. The van der Waals surface area contributed by atoms with Crippen LogP contribution in [0.25, 0.3) is 11.3 Å². The number of hydrogen-bond acceptors (Lipinski definition) is 4. The fraction of sp³-hybridized carbons (Fsp3) is 0.476. The number of furan rings is 1. The summed E-state index contributed by atoms with van der Waals surface area (Å²) in [5, 5.41) is 9.62. The molecule has 0 saturated carbocycles. The van der Waals surface area contributed by atoms with Crippen LogP contribution in [-0.2, 0) is 0 Å². The third-order valence-electron chi connectivity index (χ3n) is 4.95. The summed E-state index contributed by atoms with van der Waals surface area (Å²) in [6, 6.07) is 11.4. The predicted octanol–water partition coefficient (Wildman–Crippen LogP) is 2.89. The number of likely N-dealkylation sites (tertiary alicyclic amines) is 1. The summed E-state index contributed by atoms with van der Waals surface area (Å²) < 4.78 is 5.64. The molecule has 1 saturated heterocycles. The number of aryl methyl sites for hydroxylation is 1. The Labute approximate surface area is 155 Å². The molecular formula is C21H28N2O3. The maximum Gasteiger partial charge on any atom is 0.253 e. The Morgan fingerprint density at radius 1 is 1.15 bits per heavy atom. The number of amides is 1. The van der Waals surface area contributed by atoms with Gasteiger partial charge >= 0.3 is 0 Å². The molecular weight excluding hydrogens is 328 g/mol. The van der Waals surface area contributed by atoms with Gasteiger partial charge in [-0.15, -0.1) is 0 Å². The largest absolute Gasteiger partial charge is 0.461 e. The fourth-order valence-corrected chi connectivity index (χ4v) is 3.81. The van der Waals surface area contributed by atoms with Gasteiger partial charge in [0.2, 0.25) is 0 Å². The number of aliphatic hydroxyl groups excluding tert-OH is 1. The smallest absolute Gasteiger partial charge is 0.253 e. The predicted molar refractivity (Wildman–Crippen MR) is 102 cm³/mol. The molecule has 3 rings (SSSR count). The lowest BCUT2D eigenvalue weighted by atomic mass is 9.89. The van der Waals surface area contributed by atoms with Gasteiger partial charge < -0.3 is 19.3 Å². The molecule has 140 valence electrons. The third-order valence-corrected chi connectivity index (χ3v) is 4.95. The van der Waals surface area contributed by atoms with Crippen molar-refractivity contribution in [3.05, 3.63) is 47.7 Å². The van der Waals surface area contributed by atoms with Crippen molar-refractivity contribution in [2.75, 3.05) is 40.3 Å². The normalized spacial score (nSPS) is 20.6. The summed E-state index contributed by atoms with van der Waals surface area (Å²) >= 11 is 0. The summed E-state index contributed by atoms with van der Waals surface area (Å²) in [4.78, 5) is 17.0. The molecule has 1 aromatic heterocycles. The molecule has 0 radical (unpaired) electrons. The molecule has 1 aliphatic heterocycles. The lowest BCUT2D eigenvalue weighted by Gasteiger charge is -2.38. The van der Waals surface area contributed by atoms with E-state index < -0.39 is 0 Å². The second-order valence-corrected chi connectivity index (χ2v) is 7.61. The molecule has 0 unspecified atom stereocenters. The third kappa shape index (κ3) is 4.34. The van der Waals surface area contributed by atoms with E-state index in [2.05, 4.69) is 4.90 Å². The van der Waals surface area contributed by atoms with Crippen LogP contribution in [0.15, 0.2) is 40.8 Å². The summed E-state index contributed by atoms with van der Waals surface area (Å²) in [6.07, 6.45) is 0.968. The van der Waals surface area contributed by atoms with Crippen LogP contribution in [0.2, 0.25) is 0 Å². The van der Waals surface area contributed by atoms with E-state index in [1.165, 1.54) is 0 Å². The van der Waals surface area contributed by atoms with Gasteiger partial charge in [-0.2, -0.15) is 0 Å². The molecule has 1 aromatic carbocycles. The van der Waals surface area contributed by atoms with Crippen molar-refractivity contribution in [3.8, 4) is 11.3 Å². The number of carbonyl (C=O) groups excluding carboxylic acids is 1. The van der Waals surface area contributed by atoms with E-state index in [0.29, 0.717) is 18.0 Å². The summed E-state index contributed by atoms with van der Waals surface area (Å²) in [5.74, 6) is 2.27. The molecule has 1 fully saturated rings. The highest BCUT2D eigenvalue weighted by atomic mass is 16.3. The summed E-state index contributed by atoms with van der Waals surface area (Å²) in [6.45, 7) is 4.34. The molecule has 5 heteroatoms. The maximum atomic E-state index is 13.0. The zero-order chi connectivity index (χ0) is 18.7. The van der Waals surface area contributed by atoms with E-state index in [1.54, 1.807) is 0 Å². The molecule has 5 nitrogen and oxygen atoms in total. The van der Waals surface area contributed by atoms with Crippen LogP contribution >= 0.6 is 0 Å². The Hall–Kier alpha value is -2.11. The van der Waals surface area contributed by atoms with Crippen LogP contribution in [-0.4, -0.2) is 61.2 Å². The van der Waals surface area contributed by atoms with Gasteiger partial charge in [-0.25, -0.2) is 0 Å². The zero-order valence-corrected chi connectivity index (χ0v) is 15.8. The number of carbonyl (C=O) groups is 1. The van der Waals surface area contributed by atoms with Crippen LogP contribution in [0, 0.1) is 18.8 Å². The monoisotopic (exact) mass is 356 g/mol. The quantitative estimate of drug-likeness (QED) is 0.895. The SMILES string of the molecule is Cc1ccc(-c2ccc(C(=O)N3C[C@@H](CO)C[C@@H](CN(C)C)C3)cc2)o1. The second-order valence-electron chi connectivity index (χ2n) is 7.61. The van der Waals surface area contributed by atoms with Crippen molar-refractivity contribution in [2.45, 2.75) is 13.3 Å². The molecule has 1 aliphatic rings. The molecule has 26 heavy (non-hydrogen) atoms. The van der Waals surface area contributed by atoms with Gasteiger partial charge in [-0.05, 0) is 63.5 Å². The highest BCUT2D eigenvalue weighted by Gasteiger charge is 2.30. The minimum absolute atomic E-state index is 0.0362. The highest BCUT2D eigenvalue weighted by molar-refractivity contribution is 5.94. The lowest BCUT2D eigenvalue weighted by Crippen LogP contribution is -2.47. The average Bonchev–Trinajstić information content (AvgIpc) is 3.06. The van der Waals surface area contributed by atoms with Crippen LogP contribution in [0.1, 0.15) is 22.5 Å². The number of nitrogens with zero attached hydrogens (tertiary/aromatic N) is 2. The minimum Gasteiger partial charge on any atom is -0.461 e. The number of rotatable bonds is 5. The number of aliphatic hydroxyl groups is 1. The molecule has 0 aliphatic carbocycles. The number of piperidine rings is 1. The van der Waals surface area contributed by atoms with E-state index >= 15 is 0 Å². The van der Waals surface area contributed by atoms with E-state index in [-0.39, 0.29) is 18.4 Å². The van der Waals surface area contributed by atoms with Crippen molar-refractivity contribution in [3.63, 3.8) is 0 Å². The molecule has 2 aromatic rings. The van der Waals surface area contributed by atoms with Crippen LogP contribution in [0.4, 0.5) is 0 Å². The Balaban J connectivity index is 1.72. The van der Waals surface area contributed by atoms with Crippen molar-refractivity contribution in [2.24, 2.45) is 11.8 Å². The summed E-state index contributed by atoms with van der Waals surface area (Å²) in [7, 11) is 4.09. The van der Waals surface area contributed by atoms with Gasteiger partial charge in [0.25, 0.3) is 5.91 Å². The molecule has 2 heterocycles. The van der Waals surface area contributed by atoms with Gasteiger partial charge in [-0.3, -0.25) is 4.79 Å². The zero-order valence-electron chi connectivity index (χ0n) is 15.8. The topological polar surface area (TPSA) is 56.9 Å². The molecule has 1 amide bonds. The van der Waals surface area contributed by atoms with Crippen LogP contribution in [0.5, 0.6) is 0 Å². The average molecular weight is 356 g/mol. The van der Waals surface area contributed by atoms with Gasteiger partial charge in [-0.1, -0.05) is 12.1 Å². The Kier molecular flexibility index (Phi) is 5.79. The summed E-state index contributed by atoms with van der Waals surface area (Å²) in [5.41, 5.74) is 1.64. The van der Waals surface area contributed by atoms with E-state index in [4.69, 9.17) is 4.42 Å². The second kappa shape index (κ2) is 8.06. The maximum absolute atomic E-state index is 13.0. The van der Waals surface area contributed by atoms with Gasteiger partial charge in [0, 0.05) is 37.4 Å². The van der Waals surface area contributed by atoms with Crippen molar-refractivity contribution >= 4 is 5.91 Å². The van der Waals surface area contributed by atoms with Gasteiger partial charge in [0.1, 0.15) is 11.5 Å². The van der Waals surface area contributed by atoms with Crippen molar-refractivity contribution < 1.29 is 14.3 Å². The van der Waals surface area contributed by atoms with Gasteiger partial charge in [0.15, 0.2) is 0 Å². The van der Waals surface area contributed by atoms with E-state index in [9.17, 15) is 9.90 Å². The Morgan fingerprint density at radius 2 is 1.85 bits per heavy atom. The van der Waals surface area contributed by atoms with Crippen molar-refractivity contribution in [1.29, 1.82) is 0 Å². The minimum atomic E-state index is 0.0362. The molecule has 0 bridgehead atoms. The number of hydrogen-bond donors (Lipinski definition) is 1. The first-order chi connectivity index (χ1) is 12.5. The Bertz CT molecular complexity index is 736. The highest BCUT2D eigenvalue weighted by Crippen LogP contribution is 2.26. The molecule has 0 spiro atoms. The van der Waals surface area contributed by atoms with Crippen molar-refractivity contribution in [1.82, 2.24) is 9.80 Å². The molecule has 1 N–H and O–H groups in total.